The number of rotatable bonds is 4. The molecule has 0 radical (unpaired) electrons. The van der Waals surface area contributed by atoms with Crippen molar-refractivity contribution in [2.75, 3.05) is 33.3 Å². The van der Waals surface area contributed by atoms with Crippen molar-refractivity contribution in [3.63, 3.8) is 0 Å². The molecule has 4 rings (SSSR count). The van der Waals surface area contributed by atoms with E-state index in [1.54, 1.807) is 27.4 Å². The molecule has 1 N–H and O–H groups in total. The Hall–Kier alpha value is -1.74. The number of likely N-dealkylation sites (tertiary alicyclic amines) is 1. The van der Waals surface area contributed by atoms with Crippen molar-refractivity contribution in [3.05, 3.63) is 42.2 Å². The average molecular weight is 405 g/mol. The average Bonchev–Trinajstić information content (AvgIpc) is 3.23. The van der Waals surface area contributed by atoms with E-state index in [9.17, 15) is 13.5 Å². The maximum absolute atomic E-state index is 13.5. The summed E-state index contributed by atoms with van der Waals surface area (Å²) in [6.45, 7) is 3.75. The second kappa shape index (κ2) is 7.26. The maximum atomic E-state index is 13.5. The SMILES string of the molecule is Cc1ccc(-n2cccn2)cc1S(=O)(=O)N1CC[C@@]2(CO)CCCN(C)[C@@H]2C1. The second-order valence-electron chi connectivity index (χ2n) is 8.13. The third-order valence-corrected chi connectivity index (χ3v) is 8.54. The number of aliphatic hydroxyl groups is 1. The fraction of sp³-hybridized carbons (Fsp3) is 0.550. The van der Waals surface area contributed by atoms with Crippen LogP contribution in [0.15, 0.2) is 41.6 Å². The molecule has 0 amide bonds. The highest BCUT2D eigenvalue weighted by atomic mass is 32.2. The first kappa shape index (κ1) is 19.6. The zero-order valence-electron chi connectivity index (χ0n) is 16.5. The van der Waals surface area contributed by atoms with Gasteiger partial charge in [0.2, 0.25) is 10.0 Å². The summed E-state index contributed by atoms with van der Waals surface area (Å²) < 4.78 is 30.3. The van der Waals surface area contributed by atoms with E-state index in [4.69, 9.17) is 0 Å². The molecule has 3 heterocycles. The van der Waals surface area contributed by atoms with Crippen LogP contribution in [0.3, 0.4) is 0 Å². The predicted molar refractivity (Wildman–Crippen MR) is 107 cm³/mol. The van der Waals surface area contributed by atoms with Crippen LogP contribution in [-0.2, 0) is 10.0 Å². The number of sulfonamides is 1. The highest BCUT2D eigenvalue weighted by Crippen LogP contribution is 2.42. The number of hydrogen-bond donors (Lipinski definition) is 1. The van der Waals surface area contributed by atoms with Crippen molar-refractivity contribution >= 4 is 10.0 Å². The van der Waals surface area contributed by atoms with Crippen LogP contribution in [0.2, 0.25) is 0 Å². The molecular formula is C20H28N4O3S. The van der Waals surface area contributed by atoms with Gasteiger partial charge >= 0.3 is 0 Å². The molecule has 0 spiro atoms. The number of likely N-dealkylation sites (N-methyl/N-ethyl adjacent to an activating group) is 1. The Kier molecular flexibility index (Phi) is 5.07. The lowest BCUT2D eigenvalue weighted by atomic mass is 9.69. The summed E-state index contributed by atoms with van der Waals surface area (Å²) in [4.78, 5) is 2.55. The molecule has 2 saturated heterocycles. The van der Waals surface area contributed by atoms with Gasteiger partial charge in [0.05, 0.1) is 17.2 Å². The molecule has 0 aliphatic carbocycles. The van der Waals surface area contributed by atoms with Crippen LogP contribution in [0, 0.1) is 12.3 Å². The molecule has 28 heavy (non-hydrogen) atoms. The first-order valence-electron chi connectivity index (χ1n) is 9.79. The highest BCUT2D eigenvalue weighted by Gasteiger charge is 2.48. The Morgan fingerprint density at radius 2 is 2.11 bits per heavy atom. The van der Waals surface area contributed by atoms with Gasteiger partial charge in [-0.2, -0.15) is 9.40 Å². The van der Waals surface area contributed by atoms with Gasteiger partial charge in [0.25, 0.3) is 0 Å². The van der Waals surface area contributed by atoms with Crippen LogP contribution in [-0.4, -0.2) is 71.8 Å². The monoisotopic (exact) mass is 404 g/mol. The number of benzene rings is 1. The molecule has 2 atom stereocenters. The summed E-state index contributed by atoms with van der Waals surface area (Å²) in [5.74, 6) is 0. The number of nitrogens with zero attached hydrogens (tertiary/aromatic N) is 4. The van der Waals surface area contributed by atoms with E-state index in [0.717, 1.165) is 30.6 Å². The van der Waals surface area contributed by atoms with Gasteiger partial charge in [0, 0.05) is 36.9 Å². The van der Waals surface area contributed by atoms with Crippen molar-refractivity contribution in [1.82, 2.24) is 19.0 Å². The number of piperidine rings is 2. The molecule has 2 aliphatic rings. The van der Waals surface area contributed by atoms with Crippen molar-refractivity contribution in [3.8, 4) is 5.69 Å². The number of aromatic nitrogens is 2. The lowest BCUT2D eigenvalue weighted by Gasteiger charge is -2.53. The van der Waals surface area contributed by atoms with Gasteiger partial charge in [0.1, 0.15) is 0 Å². The molecule has 2 fully saturated rings. The lowest BCUT2D eigenvalue weighted by Crippen LogP contribution is -2.62. The van der Waals surface area contributed by atoms with E-state index in [1.165, 1.54) is 0 Å². The first-order valence-corrected chi connectivity index (χ1v) is 11.2. The van der Waals surface area contributed by atoms with Crippen LogP contribution in [0.4, 0.5) is 0 Å². The lowest BCUT2D eigenvalue weighted by molar-refractivity contribution is -0.0508. The largest absolute Gasteiger partial charge is 0.396 e. The zero-order chi connectivity index (χ0) is 19.9. The van der Waals surface area contributed by atoms with Crippen molar-refractivity contribution in [1.29, 1.82) is 0 Å². The van der Waals surface area contributed by atoms with E-state index < -0.39 is 10.0 Å². The Morgan fingerprint density at radius 3 is 2.82 bits per heavy atom. The first-order chi connectivity index (χ1) is 13.4. The van der Waals surface area contributed by atoms with Crippen LogP contribution >= 0.6 is 0 Å². The van der Waals surface area contributed by atoms with Gasteiger partial charge in [-0.05, 0) is 63.5 Å². The summed E-state index contributed by atoms with van der Waals surface area (Å²) in [6.07, 6.45) is 6.17. The van der Waals surface area contributed by atoms with Gasteiger partial charge < -0.3 is 10.0 Å². The molecule has 1 aromatic heterocycles. The van der Waals surface area contributed by atoms with Crippen LogP contribution < -0.4 is 0 Å². The summed E-state index contributed by atoms with van der Waals surface area (Å²) in [5.41, 5.74) is 1.27. The minimum atomic E-state index is -3.63. The molecule has 2 aromatic rings. The summed E-state index contributed by atoms with van der Waals surface area (Å²) >= 11 is 0. The molecule has 0 unspecified atom stereocenters. The standard InChI is InChI=1S/C20H28N4O3S/c1-16-5-6-17(24-11-4-9-21-24)13-18(16)28(26,27)23-12-8-20(15-25)7-3-10-22(2)19(20)14-23/h4-6,9,11,13,19,25H,3,7-8,10,12,14-15H2,1-2H3/t19-,20-/m1/s1. The van der Waals surface area contributed by atoms with Crippen molar-refractivity contribution in [2.45, 2.75) is 37.1 Å². The molecule has 7 nitrogen and oxygen atoms in total. The second-order valence-corrected chi connectivity index (χ2v) is 10.0. The number of aryl methyl sites for hydroxylation is 1. The third-order valence-electron chi connectivity index (χ3n) is 6.53. The van der Waals surface area contributed by atoms with E-state index in [0.29, 0.717) is 24.4 Å². The highest BCUT2D eigenvalue weighted by molar-refractivity contribution is 7.89. The predicted octanol–water partition coefficient (Wildman–Crippen LogP) is 1.65. The van der Waals surface area contributed by atoms with Gasteiger partial charge in [-0.15, -0.1) is 0 Å². The maximum Gasteiger partial charge on any atom is 0.243 e. The Labute approximate surface area is 166 Å². The van der Waals surface area contributed by atoms with E-state index in [-0.39, 0.29) is 18.1 Å². The fourth-order valence-corrected chi connectivity index (χ4v) is 6.47. The Bertz CT molecular complexity index is 944. The molecule has 8 heteroatoms. The van der Waals surface area contributed by atoms with Gasteiger partial charge in [-0.3, -0.25) is 0 Å². The third kappa shape index (κ3) is 3.18. The van der Waals surface area contributed by atoms with Gasteiger partial charge in [-0.1, -0.05) is 6.07 Å². The minimum Gasteiger partial charge on any atom is -0.396 e. The fourth-order valence-electron chi connectivity index (χ4n) is 4.78. The van der Waals surface area contributed by atoms with E-state index in [1.807, 2.05) is 32.2 Å². The summed E-state index contributed by atoms with van der Waals surface area (Å²) in [6, 6.07) is 7.27. The Morgan fingerprint density at radius 1 is 1.29 bits per heavy atom. The molecule has 1 aromatic carbocycles. The van der Waals surface area contributed by atoms with Crippen LogP contribution in [0.1, 0.15) is 24.8 Å². The normalized spacial score (nSPS) is 26.9. The molecule has 2 aliphatic heterocycles. The van der Waals surface area contributed by atoms with E-state index >= 15 is 0 Å². The molecule has 0 bridgehead atoms. The summed E-state index contributed by atoms with van der Waals surface area (Å²) in [5, 5.41) is 14.3. The number of fused-ring (bicyclic) bond motifs is 1. The van der Waals surface area contributed by atoms with Gasteiger partial charge in [-0.25, -0.2) is 13.1 Å². The zero-order valence-corrected chi connectivity index (χ0v) is 17.3. The van der Waals surface area contributed by atoms with Crippen molar-refractivity contribution in [2.24, 2.45) is 5.41 Å². The summed E-state index contributed by atoms with van der Waals surface area (Å²) in [7, 11) is -1.60. The quantitative estimate of drug-likeness (QED) is 0.838. The van der Waals surface area contributed by atoms with Gasteiger partial charge in [0.15, 0.2) is 0 Å². The smallest absolute Gasteiger partial charge is 0.243 e. The molecule has 152 valence electrons. The Balaban J connectivity index is 1.67. The minimum absolute atomic E-state index is 0.0457. The van der Waals surface area contributed by atoms with Crippen molar-refractivity contribution < 1.29 is 13.5 Å². The molecule has 0 saturated carbocycles. The molecular weight excluding hydrogens is 376 g/mol. The number of aliphatic hydroxyl groups excluding tert-OH is 1. The topological polar surface area (TPSA) is 78.7 Å². The van der Waals surface area contributed by atoms with Crippen LogP contribution in [0.5, 0.6) is 0 Å². The van der Waals surface area contributed by atoms with E-state index in [2.05, 4.69) is 10.00 Å². The van der Waals surface area contributed by atoms with Crippen LogP contribution in [0.25, 0.3) is 5.69 Å². The number of hydrogen-bond acceptors (Lipinski definition) is 5.